The Morgan fingerprint density at radius 2 is 2.00 bits per heavy atom. The quantitative estimate of drug-likeness (QED) is 0.901. The average Bonchev–Trinajstić information content (AvgIpc) is 2.54. The van der Waals surface area contributed by atoms with Crippen molar-refractivity contribution in [1.82, 2.24) is 10.2 Å². The molecule has 0 radical (unpaired) electrons. The molecule has 1 aromatic rings. The molecular formula is C17H25BrN2O. The number of halogens is 1. The maximum Gasteiger partial charge on any atom is 0.136 e. The first kappa shape index (κ1) is 15.3. The number of rotatable bonds is 4. The highest BCUT2D eigenvalue weighted by Crippen LogP contribution is 2.38. The van der Waals surface area contributed by atoms with Gasteiger partial charge in [-0.15, -0.1) is 0 Å². The van der Waals surface area contributed by atoms with Gasteiger partial charge in [-0.3, -0.25) is 0 Å². The van der Waals surface area contributed by atoms with Crippen LogP contribution in [0.25, 0.3) is 0 Å². The number of benzene rings is 1. The second-order valence-corrected chi connectivity index (χ2v) is 6.86. The lowest BCUT2D eigenvalue weighted by Crippen LogP contribution is -2.44. The Morgan fingerprint density at radius 3 is 2.76 bits per heavy atom. The molecule has 1 saturated heterocycles. The van der Waals surface area contributed by atoms with Crippen LogP contribution in [0.1, 0.15) is 29.5 Å². The van der Waals surface area contributed by atoms with Crippen molar-refractivity contribution in [2.45, 2.75) is 32.1 Å². The standard InChI is InChI=1S/C17H25BrN2O/c1-21-17-14(6-9-20-10-7-19-8-11-20)12-13-4-2-3-5-15(13)16(17)18/h12,19H,2-11H2,1H3. The number of piperazine rings is 1. The van der Waals surface area contributed by atoms with Crippen LogP contribution in [0, 0.1) is 0 Å². The fourth-order valence-corrected chi connectivity index (χ4v) is 4.38. The molecule has 1 aliphatic carbocycles. The Bertz CT molecular complexity index is 498. The minimum absolute atomic E-state index is 1.06. The number of hydrogen-bond acceptors (Lipinski definition) is 3. The van der Waals surface area contributed by atoms with Crippen molar-refractivity contribution in [2.75, 3.05) is 39.8 Å². The molecule has 1 heterocycles. The number of nitrogens with one attached hydrogen (secondary N) is 1. The average molecular weight is 353 g/mol. The second kappa shape index (κ2) is 7.12. The Hall–Kier alpha value is -0.580. The normalized spacial score (nSPS) is 19.3. The summed E-state index contributed by atoms with van der Waals surface area (Å²) < 4.78 is 6.91. The Labute approximate surface area is 136 Å². The van der Waals surface area contributed by atoms with Gasteiger partial charge in [0.25, 0.3) is 0 Å². The van der Waals surface area contributed by atoms with Crippen LogP contribution >= 0.6 is 15.9 Å². The first-order valence-corrected chi connectivity index (χ1v) is 8.89. The van der Waals surface area contributed by atoms with Gasteiger partial charge < -0.3 is 15.0 Å². The topological polar surface area (TPSA) is 24.5 Å². The van der Waals surface area contributed by atoms with E-state index in [9.17, 15) is 0 Å². The lowest BCUT2D eigenvalue weighted by molar-refractivity contribution is 0.243. The summed E-state index contributed by atoms with van der Waals surface area (Å²) >= 11 is 3.80. The fraction of sp³-hybridized carbons (Fsp3) is 0.647. The molecule has 0 atom stereocenters. The zero-order chi connectivity index (χ0) is 14.7. The van der Waals surface area contributed by atoms with E-state index in [1.165, 1.54) is 46.8 Å². The number of fused-ring (bicyclic) bond motifs is 1. The van der Waals surface area contributed by atoms with Crippen molar-refractivity contribution < 1.29 is 4.74 Å². The van der Waals surface area contributed by atoms with E-state index in [4.69, 9.17) is 4.74 Å². The van der Waals surface area contributed by atoms with Gasteiger partial charge in [-0.1, -0.05) is 6.07 Å². The molecule has 1 fully saturated rings. The van der Waals surface area contributed by atoms with Gasteiger partial charge in [0.2, 0.25) is 0 Å². The van der Waals surface area contributed by atoms with Crippen LogP contribution in [0.2, 0.25) is 0 Å². The van der Waals surface area contributed by atoms with E-state index in [2.05, 4.69) is 32.2 Å². The summed E-state index contributed by atoms with van der Waals surface area (Å²) in [6.07, 6.45) is 6.11. The van der Waals surface area contributed by atoms with Crippen molar-refractivity contribution in [2.24, 2.45) is 0 Å². The summed E-state index contributed by atoms with van der Waals surface area (Å²) in [7, 11) is 1.80. The van der Waals surface area contributed by atoms with E-state index in [1.54, 1.807) is 7.11 Å². The molecule has 0 amide bonds. The van der Waals surface area contributed by atoms with Crippen molar-refractivity contribution in [3.63, 3.8) is 0 Å². The Kier molecular flexibility index (Phi) is 5.19. The smallest absolute Gasteiger partial charge is 0.136 e. The molecule has 1 aromatic carbocycles. The summed E-state index contributed by atoms with van der Waals surface area (Å²) in [6, 6.07) is 2.40. The number of hydrogen-bond donors (Lipinski definition) is 1. The van der Waals surface area contributed by atoms with Gasteiger partial charge in [0.1, 0.15) is 5.75 Å². The molecule has 3 nitrogen and oxygen atoms in total. The summed E-state index contributed by atoms with van der Waals surface area (Å²) in [5.74, 6) is 1.06. The van der Waals surface area contributed by atoms with E-state index in [0.29, 0.717) is 0 Å². The van der Waals surface area contributed by atoms with Crippen LogP contribution in [0.3, 0.4) is 0 Å². The van der Waals surface area contributed by atoms with Gasteiger partial charge in [-0.2, -0.15) is 0 Å². The van der Waals surface area contributed by atoms with Gasteiger partial charge in [0.05, 0.1) is 11.6 Å². The van der Waals surface area contributed by atoms with Crippen molar-refractivity contribution in [3.05, 3.63) is 27.2 Å². The SMILES string of the molecule is COc1c(CCN2CCNCC2)cc2c(c1Br)CCCC2. The largest absolute Gasteiger partial charge is 0.495 e. The molecule has 116 valence electrons. The van der Waals surface area contributed by atoms with E-state index in [-0.39, 0.29) is 0 Å². The predicted molar refractivity (Wildman–Crippen MR) is 90.3 cm³/mol. The maximum absolute atomic E-state index is 5.70. The van der Waals surface area contributed by atoms with Crippen LogP contribution in [-0.2, 0) is 19.3 Å². The number of methoxy groups -OCH3 is 1. The van der Waals surface area contributed by atoms with Gasteiger partial charge in [-0.25, -0.2) is 0 Å². The lowest BCUT2D eigenvalue weighted by Gasteiger charge is -2.28. The number of ether oxygens (including phenoxy) is 1. The van der Waals surface area contributed by atoms with Crippen LogP contribution in [-0.4, -0.2) is 44.7 Å². The summed E-state index contributed by atoms with van der Waals surface area (Å²) in [4.78, 5) is 2.54. The molecule has 1 aliphatic heterocycles. The summed E-state index contributed by atoms with van der Waals surface area (Å²) in [5, 5.41) is 3.41. The summed E-state index contributed by atoms with van der Waals surface area (Å²) in [5.41, 5.74) is 4.37. The minimum Gasteiger partial charge on any atom is -0.495 e. The molecule has 0 bridgehead atoms. The maximum atomic E-state index is 5.70. The highest BCUT2D eigenvalue weighted by atomic mass is 79.9. The van der Waals surface area contributed by atoms with E-state index in [0.717, 1.165) is 44.9 Å². The van der Waals surface area contributed by atoms with Gasteiger partial charge in [0, 0.05) is 32.7 Å². The van der Waals surface area contributed by atoms with E-state index < -0.39 is 0 Å². The highest BCUT2D eigenvalue weighted by Gasteiger charge is 2.20. The molecule has 0 saturated carbocycles. The molecule has 21 heavy (non-hydrogen) atoms. The fourth-order valence-electron chi connectivity index (χ4n) is 3.51. The monoisotopic (exact) mass is 352 g/mol. The van der Waals surface area contributed by atoms with Gasteiger partial charge in [0.15, 0.2) is 0 Å². The molecule has 4 heteroatoms. The third-order valence-electron chi connectivity index (χ3n) is 4.73. The zero-order valence-electron chi connectivity index (χ0n) is 12.9. The highest BCUT2D eigenvalue weighted by molar-refractivity contribution is 9.10. The summed E-state index contributed by atoms with van der Waals surface area (Å²) in [6.45, 7) is 5.68. The van der Waals surface area contributed by atoms with E-state index >= 15 is 0 Å². The van der Waals surface area contributed by atoms with Crippen LogP contribution < -0.4 is 10.1 Å². The minimum atomic E-state index is 1.06. The van der Waals surface area contributed by atoms with Crippen molar-refractivity contribution in [1.29, 1.82) is 0 Å². The van der Waals surface area contributed by atoms with Gasteiger partial charge >= 0.3 is 0 Å². The predicted octanol–water partition coefficient (Wildman–Crippen LogP) is 2.78. The number of nitrogens with zero attached hydrogens (tertiary/aromatic N) is 1. The third-order valence-corrected chi connectivity index (χ3v) is 5.56. The van der Waals surface area contributed by atoms with Crippen LogP contribution in [0.5, 0.6) is 5.75 Å². The molecule has 0 spiro atoms. The molecule has 3 rings (SSSR count). The second-order valence-electron chi connectivity index (χ2n) is 6.07. The van der Waals surface area contributed by atoms with Crippen molar-refractivity contribution in [3.8, 4) is 5.75 Å². The molecular weight excluding hydrogens is 328 g/mol. The molecule has 0 unspecified atom stereocenters. The van der Waals surface area contributed by atoms with Crippen LogP contribution in [0.4, 0.5) is 0 Å². The molecule has 1 N–H and O–H groups in total. The van der Waals surface area contributed by atoms with E-state index in [1.807, 2.05) is 0 Å². The molecule has 2 aliphatic rings. The number of aryl methyl sites for hydroxylation is 1. The van der Waals surface area contributed by atoms with Crippen molar-refractivity contribution >= 4 is 15.9 Å². The van der Waals surface area contributed by atoms with Gasteiger partial charge in [-0.05, 0) is 64.7 Å². The first-order valence-electron chi connectivity index (χ1n) is 8.10. The Balaban J connectivity index is 1.78. The molecule has 0 aromatic heterocycles. The van der Waals surface area contributed by atoms with Crippen LogP contribution in [0.15, 0.2) is 10.5 Å². The first-order chi connectivity index (χ1) is 10.3. The lowest BCUT2D eigenvalue weighted by atomic mass is 9.89. The third kappa shape index (κ3) is 3.43. The zero-order valence-corrected chi connectivity index (χ0v) is 14.5. The Morgan fingerprint density at radius 1 is 1.24 bits per heavy atom.